The van der Waals surface area contributed by atoms with Crippen molar-refractivity contribution in [3.63, 3.8) is 0 Å². The maximum atomic E-state index is 4.87. The van der Waals surface area contributed by atoms with Gasteiger partial charge in [-0.2, -0.15) is 4.98 Å². The zero-order valence-electron chi connectivity index (χ0n) is 14.9. The third-order valence-corrected chi connectivity index (χ3v) is 4.83. The van der Waals surface area contributed by atoms with Gasteiger partial charge >= 0.3 is 0 Å². The van der Waals surface area contributed by atoms with Gasteiger partial charge < -0.3 is 15.1 Å². The second-order valence-corrected chi connectivity index (χ2v) is 7.07. The summed E-state index contributed by atoms with van der Waals surface area (Å²) >= 11 is 0. The summed E-state index contributed by atoms with van der Waals surface area (Å²) in [6, 6.07) is 0.546. The molecule has 2 aromatic rings. The molecule has 1 aliphatic carbocycles. The van der Waals surface area contributed by atoms with E-state index in [1.165, 1.54) is 24.1 Å². The Morgan fingerprint density at radius 1 is 1.20 bits per heavy atom. The van der Waals surface area contributed by atoms with Crippen molar-refractivity contribution < 1.29 is 0 Å². The van der Waals surface area contributed by atoms with Gasteiger partial charge in [-0.15, -0.1) is 0 Å². The molecule has 132 valence electrons. The number of hydrogen-bond donors (Lipinski definition) is 1. The summed E-state index contributed by atoms with van der Waals surface area (Å²) in [5.41, 5.74) is 3.40. The summed E-state index contributed by atoms with van der Waals surface area (Å²) in [7, 11) is 4.25. The van der Waals surface area contributed by atoms with E-state index < -0.39 is 0 Å². The van der Waals surface area contributed by atoms with Crippen molar-refractivity contribution in [2.45, 2.75) is 38.3 Å². The van der Waals surface area contributed by atoms with Gasteiger partial charge in [0, 0.05) is 50.6 Å². The molecule has 1 saturated carbocycles. The molecule has 3 heterocycles. The maximum Gasteiger partial charge on any atom is 0.225 e. The maximum absolute atomic E-state index is 4.87. The van der Waals surface area contributed by atoms with Gasteiger partial charge in [0.25, 0.3) is 0 Å². The monoisotopic (exact) mass is 339 g/mol. The van der Waals surface area contributed by atoms with Crippen molar-refractivity contribution >= 4 is 11.8 Å². The van der Waals surface area contributed by atoms with Gasteiger partial charge in [-0.3, -0.25) is 9.97 Å². The van der Waals surface area contributed by atoms with E-state index in [1.807, 2.05) is 6.20 Å². The molecule has 7 heteroatoms. The lowest BCUT2D eigenvalue weighted by Crippen LogP contribution is -2.23. The number of likely N-dealkylation sites (N-methyl/N-ethyl adjacent to an activating group) is 1. The van der Waals surface area contributed by atoms with Gasteiger partial charge in [0.05, 0.1) is 24.1 Å². The molecule has 0 unspecified atom stereocenters. The number of anilines is 2. The quantitative estimate of drug-likeness (QED) is 0.885. The summed E-state index contributed by atoms with van der Waals surface area (Å²) in [6.07, 6.45) is 9.64. The highest BCUT2D eigenvalue weighted by atomic mass is 15.2. The summed E-state index contributed by atoms with van der Waals surface area (Å²) < 4.78 is 0. The minimum atomic E-state index is 0.546. The fourth-order valence-electron chi connectivity index (χ4n) is 3.21. The highest BCUT2D eigenvalue weighted by molar-refractivity contribution is 5.53. The van der Waals surface area contributed by atoms with Crippen molar-refractivity contribution in [3.05, 3.63) is 35.5 Å². The lowest BCUT2D eigenvalue weighted by atomic mass is 10.1. The van der Waals surface area contributed by atoms with Crippen LogP contribution >= 0.6 is 0 Å². The first kappa shape index (κ1) is 16.2. The highest BCUT2D eigenvalue weighted by Crippen LogP contribution is 2.29. The molecular weight excluding hydrogens is 314 g/mol. The molecule has 1 aliphatic heterocycles. The molecule has 2 aromatic heterocycles. The highest BCUT2D eigenvalue weighted by Gasteiger charge is 2.25. The van der Waals surface area contributed by atoms with Crippen LogP contribution < -0.4 is 10.2 Å². The third kappa shape index (κ3) is 3.87. The number of hydrogen-bond acceptors (Lipinski definition) is 7. The van der Waals surface area contributed by atoms with Crippen LogP contribution in [0.3, 0.4) is 0 Å². The van der Waals surface area contributed by atoms with Crippen LogP contribution in [0.15, 0.2) is 18.6 Å². The van der Waals surface area contributed by atoms with Gasteiger partial charge in [-0.1, -0.05) is 0 Å². The van der Waals surface area contributed by atoms with E-state index in [4.69, 9.17) is 9.97 Å². The SMILES string of the molecule is CN1CCc2nc(NC3CC3)nc(N(C)Cc3cnccn3)c2CC1. The minimum absolute atomic E-state index is 0.546. The zero-order chi connectivity index (χ0) is 17.2. The topological polar surface area (TPSA) is 70.1 Å². The van der Waals surface area contributed by atoms with Crippen molar-refractivity contribution in [3.8, 4) is 0 Å². The number of aromatic nitrogens is 4. The van der Waals surface area contributed by atoms with E-state index in [9.17, 15) is 0 Å². The first-order chi connectivity index (χ1) is 12.2. The number of fused-ring (bicyclic) bond motifs is 1. The van der Waals surface area contributed by atoms with Crippen LogP contribution in [0.25, 0.3) is 0 Å². The molecule has 2 aliphatic rings. The van der Waals surface area contributed by atoms with Crippen LogP contribution in [0.1, 0.15) is 29.8 Å². The molecular formula is C18H25N7. The summed E-state index contributed by atoms with van der Waals surface area (Å²) in [5, 5.41) is 3.47. The van der Waals surface area contributed by atoms with E-state index in [0.717, 1.165) is 43.4 Å². The van der Waals surface area contributed by atoms with Crippen LogP contribution in [-0.4, -0.2) is 58.1 Å². The largest absolute Gasteiger partial charge is 0.353 e. The molecule has 0 radical (unpaired) electrons. The average molecular weight is 339 g/mol. The smallest absolute Gasteiger partial charge is 0.225 e. The van der Waals surface area contributed by atoms with Crippen molar-refractivity contribution in [2.24, 2.45) is 0 Å². The molecule has 1 N–H and O–H groups in total. The van der Waals surface area contributed by atoms with E-state index in [1.54, 1.807) is 12.4 Å². The lowest BCUT2D eigenvalue weighted by Gasteiger charge is -2.23. The molecule has 1 fully saturated rings. The molecule has 25 heavy (non-hydrogen) atoms. The Bertz CT molecular complexity index is 730. The van der Waals surface area contributed by atoms with Crippen molar-refractivity contribution in [2.75, 3.05) is 37.4 Å². The number of rotatable bonds is 5. The predicted molar refractivity (Wildman–Crippen MR) is 97.7 cm³/mol. The van der Waals surface area contributed by atoms with Crippen LogP contribution in [0.5, 0.6) is 0 Å². The summed E-state index contributed by atoms with van der Waals surface area (Å²) in [5.74, 6) is 1.79. The van der Waals surface area contributed by atoms with Gasteiger partial charge in [0.1, 0.15) is 5.82 Å². The van der Waals surface area contributed by atoms with E-state index >= 15 is 0 Å². The number of nitrogens with zero attached hydrogens (tertiary/aromatic N) is 6. The third-order valence-electron chi connectivity index (χ3n) is 4.83. The van der Waals surface area contributed by atoms with Gasteiger partial charge in [-0.05, 0) is 26.3 Å². The molecule has 0 spiro atoms. The molecule has 7 nitrogen and oxygen atoms in total. The van der Waals surface area contributed by atoms with Crippen LogP contribution in [0, 0.1) is 0 Å². The second kappa shape index (κ2) is 6.92. The van der Waals surface area contributed by atoms with Crippen molar-refractivity contribution in [1.29, 1.82) is 0 Å². The molecule has 0 aromatic carbocycles. The average Bonchev–Trinajstić information content (AvgIpc) is 3.44. The van der Waals surface area contributed by atoms with Gasteiger partial charge in [-0.25, -0.2) is 4.98 Å². The summed E-state index contributed by atoms with van der Waals surface area (Å²) in [6.45, 7) is 2.77. The van der Waals surface area contributed by atoms with Gasteiger partial charge in [0.15, 0.2) is 0 Å². The Labute approximate surface area is 148 Å². The molecule has 0 saturated heterocycles. The molecule has 4 rings (SSSR count). The van der Waals surface area contributed by atoms with Crippen LogP contribution in [-0.2, 0) is 19.4 Å². The Balaban J connectivity index is 1.66. The first-order valence-corrected chi connectivity index (χ1v) is 9.00. The Kier molecular flexibility index (Phi) is 4.48. The Morgan fingerprint density at radius 2 is 2.04 bits per heavy atom. The zero-order valence-corrected chi connectivity index (χ0v) is 14.9. The summed E-state index contributed by atoms with van der Waals surface area (Å²) in [4.78, 5) is 22.8. The first-order valence-electron chi connectivity index (χ1n) is 9.00. The fourth-order valence-corrected chi connectivity index (χ4v) is 3.21. The standard InChI is InChI=1S/C18H25N7/c1-24-9-5-15-16(6-10-24)22-18(21-13-3-4-13)23-17(15)25(2)12-14-11-19-7-8-20-14/h7-8,11,13H,3-6,9-10,12H2,1-2H3,(H,21,22,23). The minimum Gasteiger partial charge on any atom is -0.353 e. The van der Waals surface area contributed by atoms with Gasteiger partial charge in [0.2, 0.25) is 5.95 Å². The second-order valence-electron chi connectivity index (χ2n) is 7.07. The molecule has 0 amide bonds. The van der Waals surface area contributed by atoms with E-state index in [0.29, 0.717) is 12.6 Å². The fraction of sp³-hybridized carbons (Fsp3) is 0.556. The van der Waals surface area contributed by atoms with Crippen molar-refractivity contribution in [1.82, 2.24) is 24.8 Å². The molecule has 0 atom stereocenters. The normalized spacial score (nSPS) is 17.7. The molecule has 0 bridgehead atoms. The van der Waals surface area contributed by atoms with Crippen LogP contribution in [0.4, 0.5) is 11.8 Å². The van der Waals surface area contributed by atoms with E-state index in [2.05, 4.69) is 39.2 Å². The predicted octanol–water partition coefficient (Wildman–Crippen LogP) is 1.51. The number of nitrogens with one attached hydrogen (secondary N) is 1. The lowest BCUT2D eigenvalue weighted by molar-refractivity contribution is 0.352. The van der Waals surface area contributed by atoms with Crippen LogP contribution in [0.2, 0.25) is 0 Å². The Hall–Kier alpha value is -2.28. The Morgan fingerprint density at radius 3 is 2.80 bits per heavy atom. The van der Waals surface area contributed by atoms with E-state index in [-0.39, 0.29) is 0 Å².